The van der Waals surface area contributed by atoms with Gasteiger partial charge in [0.15, 0.2) is 10.7 Å². The molecule has 0 spiro atoms. The van der Waals surface area contributed by atoms with Crippen LogP contribution in [-0.2, 0) is 19.6 Å². The Morgan fingerprint density at radius 3 is 2.19 bits per heavy atom. The van der Waals surface area contributed by atoms with Crippen molar-refractivity contribution in [1.82, 2.24) is 14.5 Å². The zero-order valence-electron chi connectivity index (χ0n) is 14.5. The molecule has 1 aromatic carbocycles. The van der Waals surface area contributed by atoms with Crippen molar-refractivity contribution in [1.29, 1.82) is 0 Å². The molecular weight excluding hydrogens is 364 g/mol. The molecule has 0 aromatic heterocycles. The van der Waals surface area contributed by atoms with Crippen LogP contribution < -0.4 is 10.0 Å². The van der Waals surface area contributed by atoms with Crippen molar-refractivity contribution in [3.05, 3.63) is 34.4 Å². The molecule has 10 nitrogen and oxygen atoms in total. The number of carbonyl (C=O) groups is 3. The number of carbonyl (C=O) groups excluding carboxylic acids is 3. The Morgan fingerprint density at radius 2 is 1.65 bits per heavy atom. The van der Waals surface area contributed by atoms with E-state index < -0.39 is 44.1 Å². The number of hydrogen-bond donors (Lipinski definition) is 3. The number of sulfonamides is 1. The molecule has 1 aromatic rings. The number of phenols is 1. The van der Waals surface area contributed by atoms with Crippen LogP contribution in [0.25, 0.3) is 0 Å². The summed E-state index contributed by atoms with van der Waals surface area (Å²) in [7, 11) is 1.32. The van der Waals surface area contributed by atoms with Crippen LogP contribution in [0.15, 0.2) is 28.8 Å². The second kappa shape index (κ2) is 6.67. The van der Waals surface area contributed by atoms with E-state index in [4.69, 9.17) is 0 Å². The van der Waals surface area contributed by atoms with Gasteiger partial charge in [-0.3, -0.25) is 14.4 Å². The standard InChI is InChI=1S/C15H18N4O6S/c1-18(2)14(22)8-6-5-7-9(11(8)20)16-10-12(15(23)19(3)4)26(24,25)17-13(10)21/h5-7,16,20H,1-4H3,(H,17,21). The first-order valence-corrected chi connectivity index (χ1v) is 8.79. The monoisotopic (exact) mass is 382 g/mol. The van der Waals surface area contributed by atoms with E-state index in [0.717, 1.165) is 4.90 Å². The number of hydrogen-bond acceptors (Lipinski definition) is 7. The summed E-state index contributed by atoms with van der Waals surface area (Å²) in [5.74, 6) is -2.93. The van der Waals surface area contributed by atoms with E-state index in [1.54, 1.807) is 4.72 Å². The normalized spacial score (nSPS) is 15.5. The van der Waals surface area contributed by atoms with Crippen LogP contribution in [0, 0.1) is 0 Å². The molecule has 0 aliphatic carbocycles. The predicted molar refractivity (Wildman–Crippen MR) is 92.5 cm³/mol. The van der Waals surface area contributed by atoms with Gasteiger partial charge in [-0.25, -0.2) is 13.1 Å². The van der Waals surface area contributed by atoms with Gasteiger partial charge in [0.1, 0.15) is 5.70 Å². The largest absolute Gasteiger partial charge is 0.505 e. The molecule has 3 amide bonds. The lowest BCUT2D eigenvalue weighted by molar-refractivity contribution is -0.124. The molecule has 0 bridgehead atoms. The Balaban J connectivity index is 2.57. The van der Waals surface area contributed by atoms with Gasteiger partial charge in [-0.05, 0) is 12.1 Å². The van der Waals surface area contributed by atoms with Crippen molar-refractivity contribution in [2.75, 3.05) is 33.5 Å². The van der Waals surface area contributed by atoms with Gasteiger partial charge in [0.05, 0.1) is 11.3 Å². The lowest BCUT2D eigenvalue weighted by atomic mass is 10.1. The number of benzene rings is 1. The smallest absolute Gasteiger partial charge is 0.283 e. The van der Waals surface area contributed by atoms with Crippen LogP contribution in [0.4, 0.5) is 5.69 Å². The highest BCUT2D eigenvalue weighted by Gasteiger charge is 2.41. The SMILES string of the molecule is CN(C)C(=O)C1=C(Nc2cccc(C(=O)N(C)C)c2O)C(=O)NS1(=O)=O. The molecule has 0 unspecified atom stereocenters. The molecule has 26 heavy (non-hydrogen) atoms. The third kappa shape index (κ3) is 3.33. The van der Waals surface area contributed by atoms with Gasteiger partial charge in [-0.2, -0.15) is 0 Å². The maximum Gasteiger partial charge on any atom is 0.283 e. The minimum Gasteiger partial charge on any atom is -0.505 e. The minimum absolute atomic E-state index is 0.0534. The summed E-state index contributed by atoms with van der Waals surface area (Å²) in [5, 5.41) is 12.8. The summed E-state index contributed by atoms with van der Waals surface area (Å²) in [5.41, 5.74) is -0.681. The van der Waals surface area contributed by atoms with E-state index >= 15 is 0 Å². The first-order chi connectivity index (χ1) is 12.0. The highest BCUT2D eigenvalue weighted by molar-refractivity contribution is 7.95. The predicted octanol–water partition coefficient (Wildman–Crippen LogP) is -0.735. The van der Waals surface area contributed by atoms with E-state index in [1.807, 2.05) is 0 Å². The summed E-state index contributed by atoms with van der Waals surface area (Å²) in [6, 6.07) is 4.15. The number of rotatable bonds is 4. The van der Waals surface area contributed by atoms with Gasteiger partial charge in [0.2, 0.25) is 0 Å². The van der Waals surface area contributed by atoms with Gasteiger partial charge in [0.25, 0.3) is 27.7 Å². The lowest BCUT2D eigenvalue weighted by Crippen LogP contribution is -2.30. The van der Waals surface area contributed by atoms with E-state index in [-0.39, 0.29) is 11.3 Å². The third-order valence-electron chi connectivity index (χ3n) is 3.48. The highest BCUT2D eigenvalue weighted by atomic mass is 32.2. The van der Waals surface area contributed by atoms with Gasteiger partial charge in [-0.1, -0.05) is 6.07 Å². The average Bonchev–Trinajstić information content (AvgIpc) is 2.76. The molecule has 0 radical (unpaired) electrons. The van der Waals surface area contributed by atoms with Crippen LogP contribution >= 0.6 is 0 Å². The molecule has 1 aliphatic rings. The third-order valence-corrected chi connectivity index (χ3v) is 4.85. The van der Waals surface area contributed by atoms with E-state index in [9.17, 15) is 27.9 Å². The van der Waals surface area contributed by atoms with E-state index in [0.29, 0.717) is 0 Å². The summed E-state index contributed by atoms with van der Waals surface area (Å²) in [4.78, 5) is 37.8. The Kier molecular flexibility index (Phi) is 4.94. The Morgan fingerprint density at radius 1 is 1.08 bits per heavy atom. The molecule has 1 heterocycles. The number of phenolic OH excluding ortho intramolecular Hbond substituents is 1. The molecule has 0 saturated heterocycles. The number of anilines is 1. The Hall–Kier alpha value is -3.08. The minimum atomic E-state index is -4.33. The van der Waals surface area contributed by atoms with Gasteiger partial charge < -0.3 is 20.2 Å². The van der Waals surface area contributed by atoms with Crippen molar-refractivity contribution in [2.45, 2.75) is 0 Å². The van der Waals surface area contributed by atoms with Crippen molar-refractivity contribution < 1.29 is 27.9 Å². The van der Waals surface area contributed by atoms with Crippen LogP contribution in [0.2, 0.25) is 0 Å². The number of nitrogens with one attached hydrogen (secondary N) is 2. The summed E-state index contributed by atoms with van der Waals surface area (Å²) < 4.78 is 25.9. The molecule has 11 heteroatoms. The number of likely N-dealkylation sites (N-methyl/N-ethyl adjacent to an activating group) is 1. The van der Waals surface area contributed by atoms with Crippen LogP contribution in [-0.4, -0.2) is 69.2 Å². The summed E-state index contributed by atoms with van der Waals surface area (Å²) in [6.45, 7) is 0. The van der Waals surface area contributed by atoms with Gasteiger partial charge in [-0.15, -0.1) is 0 Å². The fourth-order valence-corrected chi connectivity index (χ4v) is 3.47. The maximum absolute atomic E-state index is 12.2. The molecule has 140 valence electrons. The van der Waals surface area contributed by atoms with Gasteiger partial charge >= 0.3 is 0 Å². The molecule has 0 saturated carbocycles. The Labute approximate surface area is 150 Å². The Bertz CT molecular complexity index is 933. The van der Waals surface area contributed by atoms with E-state index in [2.05, 4.69) is 5.32 Å². The molecule has 2 rings (SSSR count). The lowest BCUT2D eigenvalue weighted by Gasteiger charge is -2.15. The zero-order chi connectivity index (χ0) is 19.8. The first-order valence-electron chi connectivity index (χ1n) is 7.31. The number of amides is 3. The van der Waals surface area contributed by atoms with Gasteiger partial charge in [0, 0.05) is 28.2 Å². The fourth-order valence-electron chi connectivity index (χ4n) is 2.19. The second-order valence-electron chi connectivity index (χ2n) is 5.86. The van der Waals surface area contributed by atoms with Crippen LogP contribution in [0.1, 0.15) is 10.4 Å². The molecule has 3 N–H and O–H groups in total. The number of nitrogens with zero attached hydrogens (tertiary/aromatic N) is 2. The average molecular weight is 382 g/mol. The number of para-hydroxylation sites is 1. The topological polar surface area (TPSA) is 136 Å². The summed E-state index contributed by atoms with van der Waals surface area (Å²) >= 11 is 0. The van der Waals surface area contributed by atoms with E-state index in [1.165, 1.54) is 51.3 Å². The second-order valence-corrected chi connectivity index (χ2v) is 7.48. The van der Waals surface area contributed by atoms with Crippen LogP contribution in [0.5, 0.6) is 5.75 Å². The zero-order valence-corrected chi connectivity index (χ0v) is 15.3. The van der Waals surface area contributed by atoms with Crippen molar-refractivity contribution in [2.24, 2.45) is 0 Å². The molecular formula is C15H18N4O6S. The highest BCUT2D eigenvalue weighted by Crippen LogP contribution is 2.31. The molecule has 0 fully saturated rings. The fraction of sp³-hybridized carbons (Fsp3) is 0.267. The first kappa shape index (κ1) is 19.2. The van der Waals surface area contributed by atoms with Crippen molar-refractivity contribution >= 4 is 33.4 Å². The quantitative estimate of drug-likeness (QED) is 0.584. The molecule has 1 aliphatic heterocycles. The van der Waals surface area contributed by atoms with Crippen molar-refractivity contribution in [3.8, 4) is 5.75 Å². The summed E-state index contributed by atoms with van der Waals surface area (Å²) in [6.07, 6.45) is 0. The van der Waals surface area contributed by atoms with Crippen molar-refractivity contribution in [3.63, 3.8) is 0 Å². The number of aromatic hydroxyl groups is 1. The van der Waals surface area contributed by atoms with Crippen LogP contribution in [0.3, 0.4) is 0 Å². The molecule has 0 atom stereocenters. The maximum atomic E-state index is 12.2.